The zero-order valence-electron chi connectivity index (χ0n) is 14.7. The number of halogens is 1. The van der Waals surface area contributed by atoms with E-state index in [1.165, 1.54) is 11.3 Å². The Morgan fingerprint density at radius 2 is 1.78 bits per heavy atom. The van der Waals surface area contributed by atoms with Crippen molar-refractivity contribution in [2.24, 2.45) is 0 Å². The maximum absolute atomic E-state index is 12.0. The lowest BCUT2D eigenvalue weighted by atomic mass is 10.1. The van der Waals surface area contributed by atoms with Crippen molar-refractivity contribution >= 4 is 39.8 Å². The summed E-state index contributed by atoms with van der Waals surface area (Å²) in [7, 11) is 3.18. The largest absolute Gasteiger partial charge is 0.493 e. The molecule has 3 rings (SSSR count). The van der Waals surface area contributed by atoms with E-state index in [1.54, 1.807) is 38.5 Å². The van der Waals surface area contributed by atoms with Gasteiger partial charge in [0.15, 0.2) is 11.5 Å². The normalized spacial score (nSPS) is 10.3. The fourth-order valence-electron chi connectivity index (χ4n) is 2.33. The SMILES string of the molecule is COc1ccc(Cc2nnc(NC(=O)Nc3ccc(Cl)cc3)s2)cc1OC. The van der Waals surface area contributed by atoms with Crippen LogP contribution in [0.3, 0.4) is 0 Å². The third-order valence-electron chi connectivity index (χ3n) is 3.59. The Hall–Kier alpha value is -2.84. The van der Waals surface area contributed by atoms with E-state index in [1.807, 2.05) is 18.2 Å². The smallest absolute Gasteiger partial charge is 0.325 e. The van der Waals surface area contributed by atoms with E-state index < -0.39 is 6.03 Å². The Morgan fingerprint density at radius 3 is 2.48 bits per heavy atom. The number of carbonyl (C=O) groups excluding carboxylic acids is 1. The molecule has 0 aliphatic carbocycles. The van der Waals surface area contributed by atoms with E-state index in [9.17, 15) is 4.79 Å². The zero-order chi connectivity index (χ0) is 19.2. The summed E-state index contributed by atoms with van der Waals surface area (Å²) in [6.45, 7) is 0. The van der Waals surface area contributed by atoms with Gasteiger partial charge in [0.2, 0.25) is 5.13 Å². The van der Waals surface area contributed by atoms with Crippen LogP contribution in [0.15, 0.2) is 42.5 Å². The van der Waals surface area contributed by atoms with E-state index >= 15 is 0 Å². The minimum Gasteiger partial charge on any atom is -0.493 e. The molecule has 140 valence electrons. The molecular weight excluding hydrogens is 388 g/mol. The fourth-order valence-corrected chi connectivity index (χ4v) is 3.23. The molecule has 0 radical (unpaired) electrons. The summed E-state index contributed by atoms with van der Waals surface area (Å²) >= 11 is 7.13. The number of methoxy groups -OCH3 is 2. The first kappa shape index (κ1) is 18.9. The maximum atomic E-state index is 12.0. The van der Waals surface area contributed by atoms with Crippen LogP contribution >= 0.6 is 22.9 Å². The van der Waals surface area contributed by atoms with Crippen molar-refractivity contribution in [3.63, 3.8) is 0 Å². The average Bonchev–Trinajstić information content (AvgIpc) is 3.10. The first-order valence-electron chi connectivity index (χ1n) is 7.94. The highest BCUT2D eigenvalue weighted by molar-refractivity contribution is 7.15. The third-order valence-corrected chi connectivity index (χ3v) is 4.68. The molecule has 0 spiro atoms. The van der Waals surface area contributed by atoms with Crippen LogP contribution in [0, 0.1) is 0 Å². The van der Waals surface area contributed by atoms with Crippen LogP contribution in [0.4, 0.5) is 15.6 Å². The van der Waals surface area contributed by atoms with Gasteiger partial charge in [-0.05, 0) is 42.0 Å². The van der Waals surface area contributed by atoms with Gasteiger partial charge in [-0.1, -0.05) is 29.0 Å². The molecule has 7 nitrogen and oxygen atoms in total. The van der Waals surface area contributed by atoms with Crippen molar-refractivity contribution in [3.05, 3.63) is 58.1 Å². The van der Waals surface area contributed by atoms with Crippen LogP contribution in [-0.2, 0) is 6.42 Å². The minimum atomic E-state index is -0.397. The summed E-state index contributed by atoms with van der Waals surface area (Å²) in [6.07, 6.45) is 0.568. The first-order chi connectivity index (χ1) is 13.1. The number of urea groups is 1. The number of hydrogen-bond donors (Lipinski definition) is 2. The lowest BCUT2D eigenvalue weighted by molar-refractivity contribution is 0.262. The van der Waals surface area contributed by atoms with Crippen LogP contribution in [0.5, 0.6) is 11.5 Å². The number of aromatic nitrogens is 2. The van der Waals surface area contributed by atoms with Crippen molar-refractivity contribution in [2.45, 2.75) is 6.42 Å². The topological polar surface area (TPSA) is 85.4 Å². The summed E-state index contributed by atoms with van der Waals surface area (Å²) in [5.74, 6) is 1.32. The molecule has 0 atom stereocenters. The highest BCUT2D eigenvalue weighted by Crippen LogP contribution is 2.29. The average molecular weight is 405 g/mol. The highest BCUT2D eigenvalue weighted by Gasteiger charge is 2.11. The number of anilines is 2. The van der Waals surface area contributed by atoms with Crippen LogP contribution in [-0.4, -0.2) is 30.4 Å². The monoisotopic (exact) mass is 404 g/mol. The van der Waals surface area contributed by atoms with Crippen LogP contribution in [0.1, 0.15) is 10.6 Å². The summed E-state index contributed by atoms with van der Waals surface area (Å²) in [6, 6.07) is 12.1. The number of nitrogens with zero attached hydrogens (tertiary/aromatic N) is 2. The van der Waals surface area contributed by atoms with Crippen LogP contribution in [0.25, 0.3) is 0 Å². The lowest BCUT2D eigenvalue weighted by Crippen LogP contribution is -2.19. The third kappa shape index (κ3) is 5.08. The molecule has 2 aromatic carbocycles. The van der Waals surface area contributed by atoms with Crippen molar-refractivity contribution in [3.8, 4) is 11.5 Å². The Labute approximate surface area is 165 Å². The fraction of sp³-hybridized carbons (Fsp3) is 0.167. The van der Waals surface area contributed by atoms with Gasteiger partial charge in [0.25, 0.3) is 0 Å². The molecule has 1 heterocycles. The summed E-state index contributed by atoms with van der Waals surface area (Å²) in [5.41, 5.74) is 1.63. The summed E-state index contributed by atoms with van der Waals surface area (Å²) in [5, 5.41) is 15.3. The van der Waals surface area contributed by atoms with Gasteiger partial charge in [-0.3, -0.25) is 5.32 Å². The van der Waals surface area contributed by atoms with E-state index in [-0.39, 0.29) is 0 Å². The van der Waals surface area contributed by atoms with Crippen LogP contribution in [0.2, 0.25) is 5.02 Å². The Balaban J connectivity index is 1.61. The second kappa shape index (κ2) is 8.70. The Morgan fingerprint density at radius 1 is 1.04 bits per heavy atom. The van der Waals surface area contributed by atoms with Gasteiger partial charge >= 0.3 is 6.03 Å². The van der Waals surface area contributed by atoms with Gasteiger partial charge in [-0.15, -0.1) is 10.2 Å². The molecule has 0 saturated heterocycles. The summed E-state index contributed by atoms with van der Waals surface area (Å²) < 4.78 is 10.5. The van der Waals surface area contributed by atoms with E-state index in [0.29, 0.717) is 33.8 Å². The van der Waals surface area contributed by atoms with Crippen molar-refractivity contribution in [2.75, 3.05) is 24.9 Å². The predicted molar refractivity (Wildman–Crippen MR) is 106 cm³/mol. The molecule has 0 aliphatic heterocycles. The standard InChI is InChI=1S/C18H17ClN4O3S/c1-25-14-8-3-11(9-15(14)26-2)10-16-22-23-18(27-16)21-17(24)20-13-6-4-12(19)5-7-13/h3-9H,10H2,1-2H3,(H2,20,21,23,24). The van der Waals surface area contributed by atoms with E-state index in [4.69, 9.17) is 21.1 Å². The first-order valence-corrected chi connectivity index (χ1v) is 9.13. The summed E-state index contributed by atoms with van der Waals surface area (Å²) in [4.78, 5) is 12.0. The molecule has 3 aromatic rings. The quantitative estimate of drug-likeness (QED) is 0.634. The van der Waals surface area contributed by atoms with Crippen molar-refractivity contribution < 1.29 is 14.3 Å². The molecule has 9 heteroatoms. The second-order valence-electron chi connectivity index (χ2n) is 5.45. The molecule has 1 aromatic heterocycles. The van der Waals surface area contributed by atoms with Gasteiger partial charge in [-0.25, -0.2) is 4.79 Å². The Bertz CT molecular complexity index is 931. The molecular formula is C18H17ClN4O3S. The maximum Gasteiger partial charge on any atom is 0.325 e. The van der Waals surface area contributed by atoms with Gasteiger partial charge in [-0.2, -0.15) is 0 Å². The number of benzene rings is 2. The van der Waals surface area contributed by atoms with Crippen molar-refractivity contribution in [1.29, 1.82) is 0 Å². The molecule has 0 aliphatic rings. The van der Waals surface area contributed by atoms with E-state index in [2.05, 4.69) is 20.8 Å². The van der Waals surface area contributed by atoms with Crippen LogP contribution < -0.4 is 20.1 Å². The highest BCUT2D eigenvalue weighted by atomic mass is 35.5. The van der Waals surface area contributed by atoms with Gasteiger partial charge in [0.1, 0.15) is 5.01 Å². The number of ether oxygens (including phenoxy) is 2. The lowest BCUT2D eigenvalue weighted by Gasteiger charge is -2.08. The molecule has 0 unspecified atom stereocenters. The molecule has 0 saturated carbocycles. The molecule has 27 heavy (non-hydrogen) atoms. The van der Waals surface area contributed by atoms with Gasteiger partial charge < -0.3 is 14.8 Å². The minimum absolute atomic E-state index is 0.397. The number of amides is 2. The predicted octanol–water partition coefficient (Wildman–Crippen LogP) is 4.44. The Kier molecular flexibility index (Phi) is 6.10. The van der Waals surface area contributed by atoms with Gasteiger partial charge in [0, 0.05) is 17.1 Å². The second-order valence-corrected chi connectivity index (χ2v) is 6.95. The number of nitrogens with one attached hydrogen (secondary N) is 2. The van der Waals surface area contributed by atoms with Gasteiger partial charge in [0.05, 0.1) is 14.2 Å². The van der Waals surface area contributed by atoms with E-state index in [0.717, 1.165) is 10.6 Å². The number of rotatable bonds is 6. The number of hydrogen-bond acceptors (Lipinski definition) is 6. The molecule has 0 fully saturated rings. The molecule has 2 N–H and O–H groups in total. The zero-order valence-corrected chi connectivity index (χ0v) is 16.2. The molecule has 2 amide bonds. The van der Waals surface area contributed by atoms with Crippen molar-refractivity contribution in [1.82, 2.24) is 10.2 Å². The molecule has 0 bridgehead atoms. The number of carbonyl (C=O) groups is 1.